The zero-order valence-electron chi connectivity index (χ0n) is 11.2. The third-order valence-electron chi connectivity index (χ3n) is 3.46. The van der Waals surface area contributed by atoms with Crippen LogP contribution in [0.4, 0.5) is 0 Å². The van der Waals surface area contributed by atoms with Crippen LogP contribution in [0.15, 0.2) is 35.2 Å². The number of nitrogens with one attached hydrogen (secondary N) is 1. The Morgan fingerprint density at radius 2 is 2.11 bits per heavy atom. The molecule has 0 radical (unpaired) electrons. The number of rotatable bonds is 6. The van der Waals surface area contributed by atoms with Crippen LogP contribution in [0.5, 0.6) is 0 Å². The monoisotopic (exact) mass is 283 g/mol. The van der Waals surface area contributed by atoms with E-state index in [1.807, 2.05) is 13.0 Å². The van der Waals surface area contributed by atoms with Crippen LogP contribution < -0.4 is 5.32 Å². The summed E-state index contributed by atoms with van der Waals surface area (Å²) < 4.78 is 29.7. The Bertz CT molecular complexity index is 481. The van der Waals surface area contributed by atoms with Crippen molar-refractivity contribution in [1.82, 2.24) is 5.32 Å². The van der Waals surface area contributed by atoms with Gasteiger partial charge in [0.05, 0.1) is 16.8 Å². The van der Waals surface area contributed by atoms with Gasteiger partial charge in [0.2, 0.25) is 0 Å². The minimum Gasteiger partial charge on any atom is -0.377 e. The Morgan fingerprint density at radius 3 is 2.74 bits per heavy atom. The van der Waals surface area contributed by atoms with Crippen molar-refractivity contribution in [3.05, 3.63) is 30.3 Å². The molecule has 0 spiro atoms. The molecule has 2 rings (SSSR count). The van der Waals surface area contributed by atoms with Crippen molar-refractivity contribution in [1.29, 1.82) is 0 Å². The van der Waals surface area contributed by atoms with Crippen molar-refractivity contribution in [2.24, 2.45) is 0 Å². The molecule has 1 aromatic carbocycles. The Balaban J connectivity index is 1.82. The Kier molecular flexibility index (Phi) is 4.96. The van der Waals surface area contributed by atoms with Gasteiger partial charge < -0.3 is 10.1 Å². The minimum atomic E-state index is -3.18. The minimum absolute atomic E-state index is 0.119. The second-order valence-electron chi connectivity index (χ2n) is 4.93. The maximum absolute atomic E-state index is 12.1. The molecule has 19 heavy (non-hydrogen) atoms. The van der Waals surface area contributed by atoms with Gasteiger partial charge in [-0.25, -0.2) is 8.42 Å². The molecule has 0 saturated carbocycles. The smallest absolute Gasteiger partial charge is 0.179 e. The lowest BCUT2D eigenvalue weighted by atomic mass is 10.1. The molecule has 0 aromatic heterocycles. The van der Waals surface area contributed by atoms with E-state index in [1.165, 1.54) is 0 Å². The van der Waals surface area contributed by atoms with Crippen LogP contribution in [0.2, 0.25) is 0 Å². The van der Waals surface area contributed by atoms with E-state index in [2.05, 4.69) is 5.32 Å². The fourth-order valence-corrected chi connectivity index (χ4v) is 3.49. The summed E-state index contributed by atoms with van der Waals surface area (Å²) in [6, 6.07) is 8.78. The summed E-state index contributed by atoms with van der Waals surface area (Å²) >= 11 is 0. The zero-order chi connectivity index (χ0) is 13.7. The van der Waals surface area contributed by atoms with Crippen LogP contribution in [-0.4, -0.2) is 39.5 Å². The van der Waals surface area contributed by atoms with Crippen LogP contribution in [-0.2, 0) is 14.6 Å². The SMILES string of the molecule is CC(NCCS(=O)(=O)c1ccccc1)C1CCCO1. The van der Waals surface area contributed by atoms with E-state index in [0.29, 0.717) is 11.4 Å². The molecular formula is C14H21NO3S. The van der Waals surface area contributed by atoms with E-state index >= 15 is 0 Å². The van der Waals surface area contributed by atoms with Gasteiger partial charge >= 0.3 is 0 Å². The van der Waals surface area contributed by atoms with Gasteiger partial charge in [0.1, 0.15) is 0 Å². The van der Waals surface area contributed by atoms with Gasteiger partial charge in [-0.2, -0.15) is 0 Å². The molecule has 106 valence electrons. The molecule has 2 atom stereocenters. The predicted molar refractivity (Wildman–Crippen MR) is 74.9 cm³/mol. The Labute approximate surface area is 115 Å². The van der Waals surface area contributed by atoms with Crippen molar-refractivity contribution < 1.29 is 13.2 Å². The first-order chi connectivity index (χ1) is 9.09. The van der Waals surface area contributed by atoms with E-state index < -0.39 is 9.84 Å². The highest BCUT2D eigenvalue weighted by Crippen LogP contribution is 2.15. The predicted octanol–water partition coefficient (Wildman–Crippen LogP) is 1.62. The molecule has 1 aromatic rings. The molecule has 5 heteroatoms. The molecule has 1 aliphatic rings. The largest absolute Gasteiger partial charge is 0.377 e. The number of ether oxygens (including phenoxy) is 1. The molecule has 1 fully saturated rings. The van der Waals surface area contributed by atoms with E-state index in [4.69, 9.17) is 4.74 Å². The average Bonchev–Trinajstić information content (AvgIpc) is 2.93. The van der Waals surface area contributed by atoms with Crippen molar-refractivity contribution in [3.63, 3.8) is 0 Å². The fourth-order valence-electron chi connectivity index (χ4n) is 2.29. The second kappa shape index (κ2) is 6.50. The second-order valence-corrected chi connectivity index (χ2v) is 7.04. The molecule has 0 aliphatic carbocycles. The topological polar surface area (TPSA) is 55.4 Å². The lowest BCUT2D eigenvalue weighted by molar-refractivity contribution is 0.0844. The fraction of sp³-hybridized carbons (Fsp3) is 0.571. The molecule has 1 aliphatic heterocycles. The zero-order valence-corrected chi connectivity index (χ0v) is 12.0. The lowest BCUT2D eigenvalue weighted by Crippen LogP contribution is -2.39. The van der Waals surface area contributed by atoms with Crippen molar-refractivity contribution in [3.8, 4) is 0 Å². The van der Waals surface area contributed by atoms with Gasteiger partial charge in [-0.05, 0) is 31.9 Å². The van der Waals surface area contributed by atoms with Gasteiger partial charge in [-0.1, -0.05) is 18.2 Å². The molecule has 1 heterocycles. The van der Waals surface area contributed by atoms with E-state index in [9.17, 15) is 8.42 Å². The van der Waals surface area contributed by atoms with Crippen LogP contribution in [0.25, 0.3) is 0 Å². The van der Waals surface area contributed by atoms with Crippen LogP contribution in [0.3, 0.4) is 0 Å². The molecular weight excluding hydrogens is 262 g/mol. The van der Waals surface area contributed by atoms with Gasteiger partial charge in [-0.3, -0.25) is 0 Å². The quantitative estimate of drug-likeness (QED) is 0.862. The maximum atomic E-state index is 12.1. The maximum Gasteiger partial charge on any atom is 0.179 e. The van der Waals surface area contributed by atoms with E-state index in [0.717, 1.165) is 19.4 Å². The van der Waals surface area contributed by atoms with Gasteiger partial charge in [0.15, 0.2) is 9.84 Å². The normalized spacial score (nSPS) is 21.4. The standard InChI is InChI=1S/C14H21NO3S/c1-12(14-8-5-10-18-14)15-9-11-19(16,17)13-6-3-2-4-7-13/h2-4,6-7,12,14-15H,5,8-11H2,1H3. The summed E-state index contributed by atoms with van der Waals surface area (Å²) in [5, 5.41) is 3.25. The molecule has 0 amide bonds. The van der Waals surface area contributed by atoms with Gasteiger partial charge in [0.25, 0.3) is 0 Å². The van der Waals surface area contributed by atoms with Gasteiger partial charge in [0, 0.05) is 19.2 Å². The van der Waals surface area contributed by atoms with Crippen molar-refractivity contribution >= 4 is 9.84 Å². The number of benzene rings is 1. The summed E-state index contributed by atoms with van der Waals surface area (Å²) in [7, 11) is -3.18. The molecule has 4 nitrogen and oxygen atoms in total. The van der Waals surface area contributed by atoms with Crippen molar-refractivity contribution in [2.45, 2.75) is 36.8 Å². The lowest BCUT2D eigenvalue weighted by Gasteiger charge is -2.19. The third-order valence-corrected chi connectivity index (χ3v) is 5.19. The number of hydrogen-bond acceptors (Lipinski definition) is 4. The summed E-state index contributed by atoms with van der Waals surface area (Å²) in [6.07, 6.45) is 2.37. The van der Waals surface area contributed by atoms with Crippen LogP contribution >= 0.6 is 0 Å². The average molecular weight is 283 g/mol. The first-order valence-electron chi connectivity index (χ1n) is 6.72. The summed E-state index contributed by atoms with van der Waals surface area (Å²) in [4.78, 5) is 0.390. The molecule has 0 bridgehead atoms. The molecule has 1 saturated heterocycles. The van der Waals surface area contributed by atoms with Crippen LogP contribution in [0.1, 0.15) is 19.8 Å². The Hall–Kier alpha value is -0.910. The third kappa shape index (κ3) is 4.03. The molecule has 2 unspecified atom stereocenters. The van der Waals surface area contributed by atoms with E-state index in [-0.39, 0.29) is 17.9 Å². The summed E-state index contributed by atoms with van der Waals surface area (Å²) in [5.41, 5.74) is 0. The highest BCUT2D eigenvalue weighted by molar-refractivity contribution is 7.91. The van der Waals surface area contributed by atoms with E-state index in [1.54, 1.807) is 24.3 Å². The highest BCUT2D eigenvalue weighted by atomic mass is 32.2. The summed E-state index contributed by atoms with van der Waals surface area (Å²) in [5.74, 6) is 0.119. The summed E-state index contributed by atoms with van der Waals surface area (Å²) in [6.45, 7) is 3.32. The highest BCUT2D eigenvalue weighted by Gasteiger charge is 2.22. The van der Waals surface area contributed by atoms with Crippen LogP contribution in [0, 0.1) is 0 Å². The molecule has 1 N–H and O–H groups in total. The number of hydrogen-bond donors (Lipinski definition) is 1. The number of sulfone groups is 1. The first-order valence-corrected chi connectivity index (χ1v) is 8.37. The first kappa shape index (κ1) is 14.5. The Morgan fingerprint density at radius 1 is 1.37 bits per heavy atom. The van der Waals surface area contributed by atoms with Gasteiger partial charge in [-0.15, -0.1) is 0 Å². The van der Waals surface area contributed by atoms with Crippen molar-refractivity contribution in [2.75, 3.05) is 18.9 Å².